The van der Waals surface area contributed by atoms with Gasteiger partial charge in [0.2, 0.25) is 0 Å². The molecule has 0 radical (unpaired) electrons. The molecule has 0 aromatic carbocycles. The minimum absolute atomic E-state index is 0.0473. The lowest BCUT2D eigenvalue weighted by atomic mass is 10.2. The molecule has 0 saturated heterocycles. The summed E-state index contributed by atoms with van der Waals surface area (Å²) in [6, 6.07) is 0. The highest BCUT2D eigenvalue weighted by atomic mass is 16.6. The summed E-state index contributed by atoms with van der Waals surface area (Å²) < 4.78 is 14.0. The smallest absolute Gasteiger partial charge is 0.333 e. The van der Waals surface area contributed by atoms with Crippen LogP contribution in [0.15, 0.2) is 37.5 Å². The van der Waals surface area contributed by atoms with Crippen LogP contribution in [0.25, 0.3) is 0 Å². The molecule has 0 aromatic rings. The molecule has 0 fully saturated rings. The first-order valence-corrected chi connectivity index (χ1v) is 8.53. The van der Waals surface area contributed by atoms with E-state index in [1.165, 1.54) is 6.08 Å². The summed E-state index contributed by atoms with van der Waals surface area (Å²) in [6.45, 7) is 19.3. The Kier molecular flexibility index (Phi) is 20.0. The van der Waals surface area contributed by atoms with Gasteiger partial charge in [-0.05, 0) is 34.1 Å². The summed E-state index contributed by atoms with van der Waals surface area (Å²) in [5, 5.41) is 8.19. The van der Waals surface area contributed by atoms with Crippen molar-refractivity contribution >= 4 is 17.9 Å². The summed E-state index contributed by atoms with van der Waals surface area (Å²) >= 11 is 0. The molecular weight excluding hydrogens is 352 g/mol. The summed E-state index contributed by atoms with van der Waals surface area (Å²) in [5.41, 5.74) is -0.0471. The van der Waals surface area contributed by atoms with Crippen molar-refractivity contribution in [3.63, 3.8) is 0 Å². The molecular formula is C20H34O7. The number of hydrogen-bond donors (Lipinski definition) is 1. The maximum atomic E-state index is 10.5. The van der Waals surface area contributed by atoms with E-state index in [1.807, 2.05) is 27.7 Å². The van der Waals surface area contributed by atoms with Gasteiger partial charge in [-0.1, -0.05) is 33.1 Å². The van der Waals surface area contributed by atoms with Crippen molar-refractivity contribution in [3.05, 3.63) is 37.5 Å². The molecule has 0 unspecified atom stereocenters. The van der Waals surface area contributed by atoms with E-state index in [4.69, 9.17) is 9.84 Å². The van der Waals surface area contributed by atoms with Gasteiger partial charge >= 0.3 is 17.9 Å². The molecule has 0 saturated carbocycles. The lowest BCUT2D eigenvalue weighted by Crippen LogP contribution is -2.22. The van der Waals surface area contributed by atoms with Crippen LogP contribution in [0.3, 0.4) is 0 Å². The molecule has 7 heteroatoms. The first-order chi connectivity index (χ1) is 12.4. The first kappa shape index (κ1) is 29.4. The van der Waals surface area contributed by atoms with Crippen LogP contribution in [-0.2, 0) is 28.6 Å². The zero-order chi connectivity index (χ0) is 21.9. The second-order valence-electron chi connectivity index (χ2n) is 6.10. The molecule has 0 heterocycles. The molecule has 0 atom stereocenters. The van der Waals surface area contributed by atoms with E-state index in [1.54, 1.807) is 6.92 Å². The van der Waals surface area contributed by atoms with Crippen molar-refractivity contribution < 1.29 is 33.7 Å². The predicted octanol–water partition coefficient (Wildman–Crippen LogP) is 3.13. The van der Waals surface area contributed by atoms with Crippen molar-refractivity contribution in [2.45, 2.75) is 53.1 Å². The number of carbonyl (C=O) groups excluding carboxylic acids is 3. The fraction of sp³-hybridized carbons (Fsp3) is 0.550. The van der Waals surface area contributed by atoms with E-state index >= 15 is 0 Å². The SMILES string of the molecule is C=C(C)C(=O)OCCO.C=CC(=O)OC(C)(C)C.C=CC(=O)OCCCC. The van der Waals surface area contributed by atoms with Gasteiger partial charge in [-0.15, -0.1) is 0 Å². The van der Waals surface area contributed by atoms with Crippen LogP contribution in [0.1, 0.15) is 47.5 Å². The van der Waals surface area contributed by atoms with E-state index in [9.17, 15) is 14.4 Å². The maximum Gasteiger partial charge on any atom is 0.333 e. The molecule has 0 aliphatic carbocycles. The Morgan fingerprint density at radius 3 is 1.81 bits per heavy atom. The largest absolute Gasteiger partial charge is 0.463 e. The van der Waals surface area contributed by atoms with Crippen LogP contribution in [0.2, 0.25) is 0 Å². The Labute approximate surface area is 162 Å². The number of unbranched alkanes of at least 4 members (excludes halogenated alkanes) is 1. The molecule has 0 bridgehead atoms. The van der Waals surface area contributed by atoms with Gasteiger partial charge in [-0.25, -0.2) is 14.4 Å². The Bertz CT molecular complexity index is 471. The lowest BCUT2D eigenvalue weighted by molar-refractivity contribution is -0.148. The van der Waals surface area contributed by atoms with Gasteiger partial charge in [0.1, 0.15) is 12.2 Å². The van der Waals surface area contributed by atoms with E-state index in [0.717, 1.165) is 18.9 Å². The van der Waals surface area contributed by atoms with E-state index in [2.05, 4.69) is 29.2 Å². The summed E-state index contributed by atoms with van der Waals surface area (Å²) in [5.74, 6) is -1.16. The molecule has 0 rings (SSSR count). The zero-order valence-corrected chi connectivity index (χ0v) is 17.2. The summed E-state index contributed by atoms with van der Waals surface area (Å²) in [7, 11) is 0. The highest BCUT2D eigenvalue weighted by molar-refractivity contribution is 5.86. The average molecular weight is 386 g/mol. The Morgan fingerprint density at radius 1 is 1.00 bits per heavy atom. The minimum atomic E-state index is -0.455. The summed E-state index contributed by atoms with van der Waals surface area (Å²) in [6.07, 6.45) is 4.31. The molecule has 156 valence electrons. The van der Waals surface area contributed by atoms with Crippen LogP contribution in [0.4, 0.5) is 0 Å². The quantitative estimate of drug-likeness (QED) is 0.296. The maximum absolute atomic E-state index is 10.5. The van der Waals surface area contributed by atoms with Gasteiger partial charge in [0.05, 0.1) is 13.2 Å². The molecule has 0 aromatic heterocycles. The highest BCUT2D eigenvalue weighted by Crippen LogP contribution is 2.06. The Balaban J connectivity index is -0.000000320. The third-order valence-electron chi connectivity index (χ3n) is 2.16. The highest BCUT2D eigenvalue weighted by Gasteiger charge is 2.12. The third-order valence-corrected chi connectivity index (χ3v) is 2.16. The first-order valence-electron chi connectivity index (χ1n) is 8.53. The fourth-order valence-electron chi connectivity index (χ4n) is 0.981. The number of carbonyl (C=O) groups is 3. The molecule has 0 spiro atoms. The fourth-order valence-corrected chi connectivity index (χ4v) is 0.981. The van der Waals surface area contributed by atoms with Gasteiger partial charge < -0.3 is 19.3 Å². The standard InChI is InChI=1S/2C7H12O2.C6H10O3/c1-5-6(8)9-7(2,3)4;1-3-5-6-9-7(8)4-2;1-5(2)6(8)9-4-3-7/h5H,1H2,2-4H3;4H,2-3,5-6H2,1H3;7H,1,3-4H2,2H3. The number of rotatable bonds is 8. The van der Waals surface area contributed by atoms with Crippen LogP contribution in [-0.4, -0.2) is 48.4 Å². The minimum Gasteiger partial charge on any atom is -0.463 e. The van der Waals surface area contributed by atoms with Crippen molar-refractivity contribution in [2.24, 2.45) is 0 Å². The topological polar surface area (TPSA) is 99.1 Å². The normalized spacial score (nSPS) is 9.26. The van der Waals surface area contributed by atoms with Crippen LogP contribution >= 0.6 is 0 Å². The number of aliphatic hydroxyl groups is 1. The van der Waals surface area contributed by atoms with Crippen LogP contribution in [0, 0.1) is 0 Å². The second kappa shape index (κ2) is 18.4. The van der Waals surface area contributed by atoms with E-state index in [0.29, 0.717) is 12.2 Å². The van der Waals surface area contributed by atoms with Crippen molar-refractivity contribution in [1.29, 1.82) is 0 Å². The predicted molar refractivity (Wildman–Crippen MR) is 105 cm³/mol. The third kappa shape index (κ3) is 28.7. The number of aliphatic hydroxyl groups excluding tert-OH is 1. The average Bonchev–Trinajstić information content (AvgIpc) is 2.59. The van der Waals surface area contributed by atoms with Crippen molar-refractivity contribution in [3.8, 4) is 0 Å². The lowest BCUT2D eigenvalue weighted by Gasteiger charge is -2.17. The molecule has 7 nitrogen and oxygen atoms in total. The van der Waals surface area contributed by atoms with Gasteiger partial charge in [-0.2, -0.15) is 0 Å². The monoisotopic (exact) mass is 386 g/mol. The molecule has 27 heavy (non-hydrogen) atoms. The van der Waals surface area contributed by atoms with Crippen LogP contribution in [0.5, 0.6) is 0 Å². The number of ether oxygens (including phenoxy) is 3. The van der Waals surface area contributed by atoms with E-state index in [-0.39, 0.29) is 25.2 Å². The van der Waals surface area contributed by atoms with Crippen molar-refractivity contribution in [2.75, 3.05) is 19.8 Å². The molecule has 0 aliphatic heterocycles. The Hall–Kier alpha value is -2.41. The van der Waals surface area contributed by atoms with Gasteiger partial charge in [0, 0.05) is 17.7 Å². The number of esters is 3. The van der Waals surface area contributed by atoms with Crippen molar-refractivity contribution in [1.82, 2.24) is 0 Å². The Morgan fingerprint density at radius 2 is 1.52 bits per heavy atom. The van der Waals surface area contributed by atoms with Gasteiger partial charge in [0.15, 0.2) is 0 Å². The molecule has 0 amide bonds. The summed E-state index contributed by atoms with van der Waals surface area (Å²) in [4.78, 5) is 31.3. The molecule has 1 N–H and O–H groups in total. The number of hydrogen-bond acceptors (Lipinski definition) is 7. The van der Waals surface area contributed by atoms with Crippen LogP contribution < -0.4 is 0 Å². The molecule has 0 aliphatic rings. The second-order valence-corrected chi connectivity index (χ2v) is 6.10. The zero-order valence-electron chi connectivity index (χ0n) is 17.2. The van der Waals surface area contributed by atoms with Gasteiger partial charge in [0.25, 0.3) is 0 Å². The van der Waals surface area contributed by atoms with E-state index < -0.39 is 11.6 Å². The van der Waals surface area contributed by atoms with Gasteiger partial charge in [-0.3, -0.25) is 0 Å².